The number of imidazole rings is 1. The van der Waals surface area contributed by atoms with E-state index in [9.17, 15) is 4.57 Å². The SMILES string of the molecule is CCCCCCCCCCCCCCCCOCCCOP(=O)(COC(C)Cn1cnc2c(N)ncnc21)OCC. The predicted molar refractivity (Wildman–Crippen MR) is 166 cm³/mol. The number of aromatic nitrogens is 4. The Labute approximate surface area is 248 Å². The summed E-state index contributed by atoms with van der Waals surface area (Å²) in [7, 11) is -3.36. The van der Waals surface area contributed by atoms with E-state index in [0.717, 1.165) is 13.0 Å². The molecule has 2 unspecified atom stereocenters. The molecule has 0 aliphatic carbocycles. The molecule has 11 heteroatoms. The van der Waals surface area contributed by atoms with Gasteiger partial charge in [-0.05, 0) is 26.7 Å². The first kappa shape index (κ1) is 35.6. The highest BCUT2D eigenvalue weighted by atomic mass is 31.2. The number of unbranched alkanes of at least 4 members (excludes halogenated alkanes) is 13. The molecule has 0 saturated heterocycles. The molecule has 2 aromatic heterocycles. The molecule has 10 nitrogen and oxygen atoms in total. The van der Waals surface area contributed by atoms with E-state index in [2.05, 4.69) is 21.9 Å². The molecule has 0 saturated carbocycles. The summed E-state index contributed by atoms with van der Waals surface area (Å²) < 4.78 is 37.6. The lowest BCUT2D eigenvalue weighted by molar-refractivity contribution is 0.0633. The van der Waals surface area contributed by atoms with Crippen molar-refractivity contribution in [3.63, 3.8) is 0 Å². The maximum Gasteiger partial charge on any atom is 0.356 e. The summed E-state index contributed by atoms with van der Waals surface area (Å²) in [6, 6.07) is 0. The summed E-state index contributed by atoms with van der Waals surface area (Å²) in [4.78, 5) is 12.5. The van der Waals surface area contributed by atoms with Crippen LogP contribution in [-0.4, -0.2) is 58.4 Å². The average molecular weight is 598 g/mol. The molecular formula is C30H56N5O5P. The molecule has 236 valence electrons. The Morgan fingerprint density at radius 3 is 2.05 bits per heavy atom. The van der Waals surface area contributed by atoms with Crippen molar-refractivity contribution in [2.75, 3.05) is 38.5 Å². The molecule has 0 bridgehead atoms. The number of nitrogens with zero attached hydrogens (tertiary/aromatic N) is 4. The number of ether oxygens (including phenoxy) is 2. The van der Waals surface area contributed by atoms with Gasteiger partial charge in [0.05, 0.1) is 32.2 Å². The number of anilines is 1. The van der Waals surface area contributed by atoms with Gasteiger partial charge in [0.2, 0.25) is 0 Å². The lowest BCUT2D eigenvalue weighted by Crippen LogP contribution is -2.18. The smallest absolute Gasteiger partial charge is 0.356 e. The molecule has 0 aliphatic heterocycles. The van der Waals surface area contributed by atoms with Gasteiger partial charge in [-0.25, -0.2) is 15.0 Å². The van der Waals surface area contributed by atoms with Crippen molar-refractivity contribution < 1.29 is 23.1 Å². The van der Waals surface area contributed by atoms with E-state index in [1.54, 1.807) is 13.3 Å². The molecule has 0 amide bonds. The average Bonchev–Trinajstić information content (AvgIpc) is 3.37. The fourth-order valence-corrected chi connectivity index (χ4v) is 6.22. The number of rotatable bonds is 27. The van der Waals surface area contributed by atoms with E-state index in [-0.39, 0.29) is 19.1 Å². The zero-order chi connectivity index (χ0) is 29.6. The molecule has 0 aliphatic rings. The molecule has 0 fully saturated rings. The summed E-state index contributed by atoms with van der Waals surface area (Å²) in [6.07, 6.45) is 22.2. The van der Waals surface area contributed by atoms with Crippen LogP contribution in [0, 0.1) is 0 Å². The van der Waals surface area contributed by atoms with Crippen LogP contribution in [-0.2, 0) is 29.6 Å². The van der Waals surface area contributed by atoms with Gasteiger partial charge in [-0.3, -0.25) is 4.57 Å². The monoisotopic (exact) mass is 597 g/mol. The summed E-state index contributed by atoms with van der Waals surface area (Å²) in [5, 5.41) is 0. The van der Waals surface area contributed by atoms with E-state index in [4.69, 9.17) is 24.3 Å². The van der Waals surface area contributed by atoms with Crippen LogP contribution in [0.25, 0.3) is 11.2 Å². The van der Waals surface area contributed by atoms with Gasteiger partial charge in [-0.1, -0.05) is 90.4 Å². The Morgan fingerprint density at radius 2 is 1.41 bits per heavy atom. The third-order valence-corrected chi connectivity index (χ3v) is 8.78. The van der Waals surface area contributed by atoms with Crippen molar-refractivity contribution in [1.82, 2.24) is 19.5 Å². The summed E-state index contributed by atoms with van der Waals surface area (Å²) in [5.41, 5.74) is 7.04. The van der Waals surface area contributed by atoms with Gasteiger partial charge in [0.1, 0.15) is 18.2 Å². The van der Waals surface area contributed by atoms with Gasteiger partial charge in [-0.2, -0.15) is 0 Å². The minimum Gasteiger partial charge on any atom is -0.382 e. The third kappa shape index (κ3) is 15.5. The minimum absolute atomic E-state index is 0.119. The Bertz CT molecular complexity index is 976. The summed E-state index contributed by atoms with van der Waals surface area (Å²) >= 11 is 0. The van der Waals surface area contributed by atoms with Crippen LogP contribution >= 0.6 is 7.60 Å². The first-order valence-electron chi connectivity index (χ1n) is 16.0. The molecule has 2 aromatic rings. The van der Waals surface area contributed by atoms with Crippen molar-refractivity contribution in [3.8, 4) is 0 Å². The fraction of sp³-hybridized carbons (Fsp3) is 0.833. The molecule has 2 rings (SSSR count). The normalized spacial score (nSPS) is 14.0. The topological polar surface area (TPSA) is 124 Å². The van der Waals surface area contributed by atoms with Crippen LogP contribution in [0.3, 0.4) is 0 Å². The van der Waals surface area contributed by atoms with Gasteiger partial charge in [0.15, 0.2) is 11.5 Å². The van der Waals surface area contributed by atoms with E-state index in [0.29, 0.717) is 43.2 Å². The van der Waals surface area contributed by atoms with E-state index >= 15 is 0 Å². The second-order valence-corrected chi connectivity index (χ2v) is 12.9. The standard InChI is InChI=1S/C30H56N5O5P/c1-4-6-7-8-9-10-11-12-13-14-15-16-17-18-20-37-21-19-22-40-41(36,39-5-2)26-38-27(3)23-35-25-34-28-29(31)32-24-33-30(28)35/h24-25,27H,4-23,26H2,1-3H3,(H2,31,32,33). The van der Waals surface area contributed by atoms with Crippen LogP contribution in [0.1, 0.15) is 117 Å². The number of nitrogen functional groups attached to an aromatic ring is 1. The molecule has 2 heterocycles. The first-order chi connectivity index (χ1) is 20.0. The second-order valence-electron chi connectivity index (χ2n) is 10.9. The highest BCUT2D eigenvalue weighted by molar-refractivity contribution is 7.53. The van der Waals surface area contributed by atoms with Crippen LogP contribution in [0.4, 0.5) is 5.82 Å². The van der Waals surface area contributed by atoms with Crippen LogP contribution in [0.5, 0.6) is 0 Å². The minimum atomic E-state index is -3.36. The van der Waals surface area contributed by atoms with Gasteiger partial charge in [-0.15, -0.1) is 0 Å². The number of hydrogen-bond acceptors (Lipinski definition) is 9. The van der Waals surface area contributed by atoms with Crippen LogP contribution in [0.15, 0.2) is 12.7 Å². The van der Waals surface area contributed by atoms with Gasteiger partial charge in [0, 0.05) is 13.2 Å². The van der Waals surface area contributed by atoms with Gasteiger partial charge >= 0.3 is 7.60 Å². The number of hydrogen-bond donors (Lipinski definition) is 1. The van der Waals surface area contributed by atoms with Crippen molar-refractivity contribution in [2.24, 2.45) is 0 Å². The van der Waals surface area contributed by atoms with E-state index < -0.39 is 7.60 Å². The van der Waals surface area contributed by atoms with Crippen LogP contribution < -0.4 is 5.73 Å². The van der Waals surface area contributed by atoms with Crippen molar-refractivity contribution in [3.05, 3.63) is 12.7 Å². The maximum atomic E-state index is 13.1. The zero-order valence-corrected chi connectivity index (χ0v) is 26.8. The quantitative estimate of drug-likeness (QED) is 0.0808. The van der Waals surface area contributed by atoms with Crippen molar-refractivity contribution in [1.29, 1.82) is 0 Å². The molecule has 2 atom stereocenters. The number of fused-ring (bicyclic) bond motifs is 1. The molecular weight excluding hydrogens is 541 g/mol. The van der Waals surface area contributed by atoms with Crippen molar-refractivity contribution >= 4 is 24.6 Å². The second kappa shape index (κ2) is 22.0. The largest absolute Gasteiger partial charge is 0.382 e. The van der Waals surface area contributed by atoms with Crippen LogP contribution in [0.2, 0.25) is 0 Å². The Kier molecular flexibility index (Phi) is 19.1. The van der Waals surface area contributed by atoms with Gasteiger partial charge in [0.25, 0.3) is 0 Å². The molecule has 2 N–H and O–H groups in total. The van der Waals surface area contributed by atoms with E-state index in [1.807, 2.05) is 11.5 Å². The highest BCUT2D eigenvalue weighted by Crippen LogP contribution is 2.48. The molecule has 0 spiro atoms. The predicted octanol–water partition coefficient (Wildman–Crippen LogP) is 7.91. The molecule has 41 heavy (non-hydrogen) atoms. The lowest BCUT2D eigenvalue weighted by Gasteiger charge is -2.20. The van der Waals surface area contributed by atoms with Crippen molar-refractivity contribution in [2.45, 2.75) is 130 Å². The summed E-state index contributed by atoms with van der Waals surface area (Å²) in [5.74, 6) is 0.333. The molecule has 0 aromatic carbocycles. The highest BCUT2D eigenvalue weighted by Gasteiger charge is 2.26. The number of nitrogens with two attached hydrogens (primary N) is 1. The Hall–Kier alpha value is -1.58. The first-order valence-corrected chi connectivity index (χ1v) is 17.7. The van der Waals surface area contributed by atoms with E-state index in [1.165, 1.54) is 89.8 Å². The maximum absolute atomic E-state index is 13.1. The Morgan fingerprint density at radius 1 is 0.805 bits per heavy atom. The third-order valence-electron chi connectivity index (χ3n) is 7.09. The van der Waals surface area contributed by atoms with Gasteiger partial charge < -0.3 is 28.8 Å². The Balaban J connectivity index is 1.46. The zero-order valence-electron chi connectivity index (χ0n) is 25.9. The fourth-order valence-electron chi connectivity index (χ4n) is 4.75. The lowest BCUT2D eigenvalue weighted by atomic mass is 10.0. The summed E-state index contributed by atoms with van der Waals surface area (Å²) in [6.45, 7) is 8.35. The molecule has 0 radical (unpaired) electrons.